The second kappa shape index (κ2) is 10.2. The molecular weight excluding hydrogens is 429 g/mol. The standard InChI is InChI=1S/C21H25F3N4O4/c22-21(23,24)32-17-8-13(10-25)3-4-14(17)11-27-19(29)15-2-1-6-28(12-15)20(30)18-9-16(26)5-7-31-18/h3-4,8,15-16,18H,1-2,5-7,9,11-12,26H2,(H,27,29)/t15-,16?,18?/m1/s1. The maximum absolute atomic E-state index is 12.7. The van der Waals surface area contributed by atoms with Gasteiger partial charge >= 0.3 is 6.36 Å². The summed E-state index contributed by atoms with van der Waals surface area (Å²) in [6, 6.07) is 5.29. The summed E-state index contributed by atoms with van der Waals surface area (Å²) in [6.07, 6.45) is -3.22. The molecule has 2 aliphatic rings. The van der Waals surface area contributed by atoms with Crippen LogP contribution in [0.1, 0.15) is 36.8 Å². The van der Waals surface area contributed by atoms with Crippen LogP contribution >= 0.6 is 0 Å². The molecule has 8 nitrogen and oxygen atoms in total. The van der Waals surface area contributed by atoms with Gasteiger partial charge in [0, 0.05) is 37.8 Å². The van der Waals surface area contributed by atoms with E-state index in [2.05, 4.69) is 10.1 Å². The number of carbonyl (C=O) groups is 2. The van der Waals surface area contributed by atoms with Gasteiger partial charge in [0.05, 0.1) is 17.6 Å². The van der Waals surface area contributed by atoms with Crippen molar-refractivity contribution in [3.8, 4) is 11.8 Å². The zero-order chi connectivity index (χ0) is 23.3. The number of alkyl halides is 3. The smallest absolute Gasteiger partial charge is 0.405 e. The maximum Gasteiger partial charge on any atom is 0.573 e. The first-order valence-corrected chi connectivity index (χ1v) is 10.4. The number of carbonyl (C=O) groups excluding carboxylic acids is 2. The van der Waals surface area contributed by atoms with Crippen LogP contribution in [0, 0.1) is 17.2 Å². The molecule has 0 aliphatic carbocycles. The highest BCUT2D eigenvalue weighted by molar-refractivity contribution is 5.83. The third-order valence-corrected chi connectivity index (χ3v) is 5.58. The van der Waals surface area contributed by atoms with E-state index in [4.69, 9.17) is 15.7 Å². The number of amides is 2. The van der Waals surface area contributed by atoms with Gasteiger partial charge in [-0.3, -0.25) is 9.59 Å². The van der Waals surface area contributed by atoms with Crippen molar-refractivity contribution in [1.82, 2.24) is 10.2 Å². The number of nitrogens with one attached hydrogen (secondary N) is 1. The second-order valence-corrected chi connectivity index (χ2v) is 7.97. The van der Waals surface area contributed by atoms with Crippen molar-refractivity contribution in [2.45, 2.75) is 50.7 Å². The van der Waals surface area contributed by atoms with Crippen LogP contribution in [0.25, 0.3) is 0 Å². The van der Waals surface area contributed by atoms with E-state index in [1.807, 2.05) is 0 Å². The molecule has 2 aliphatic heterocycles. The summed E-state index contributed by atoms with van der Waals surface area (Å²) >= 11 is 0. The number of benzene rings is 1. The lowest BCUT2D eigenvalue weighted by Crippen LogP contribution is -2.51. The van der Waals surface area contributed by atoms with Gasteiger partial charge in [-0.25, -0.2) is 0 Å². The van der Waals surface area contributed by atoms with Crippen LogP contribution in [0.4, 0.5) is 13.2 Å². The van der Waals surface area contributed by atoms with Gasteiger partial charge in [-0.1, -0.05) is 6.07 Å². The molecule has 0 radical (unpaired) electrons. The first kappa shape index (κ1) is 23.8. The number of rotatable bonds is 5. The third-order valence-electron chi connectivity index (χ3n) is 5.58. The molecule has 2 saturated heterocycles. The number of likely N-dealkylation sites (tertiary alicyclic amines) is 1. The van der Waals surface area contributed by atoms with Gasteiger partial charge in [-0.05, 0) is 37.8 Å². The normalized spacial score (nSPS) is 23.8. The number of nitriles is 1. The molecule has 0 bridgehead atoms. The van der Waals surface area contributed by atoms with Crippen LogP contribution in [0.3, 0.4) is 0 Å². The van der Waals surface area contributed by atoms with Gasteiger partial charge in [0.25, 0.3) is 5.91 Å². The topological polar surface area (TPSA) is 118 Å². The van der Waals surface area contributed by atoms with Crippen molar-refractivity contribution in [3.63, 3.8) is 0 Å². The molecule has 2 heterocycles. The molecule has 3 atom stereocenters. The van der Waals surface area contributed by atoms with E-state index in [0.29, 0.717) is 38.8 Å². The van der Waals surface area contributed by atoms with Crippen molar-refractivity contribution in [1.29, 1.82) is 5.26 Å². The first-order chi connectivity index (χ1) is 15.2. The predicted octanol–water partition coefficient (Wildman–Crippen LogP) is 1.82. The molecule has 0 aromatic heterocycles. The number of nitrogens with zero attached hydrogens (tertiary/aromatic N) is 2. The Morgan fingerprint density at radius 2 is 2.12 bits per heavy atom. The Kier molecular flexibility index (Phi) is 7.58. The predicted molar refractivity (Wildman–Crippen MR) is 106 cm³/mol. The number of piperidine rings is 1. The number of hydrogen-bond acceptors (Lipinski definition) is 6. The van der Waals surface area contributed by atoms with E-state index in [0.717, 1.165) is 6.07 Å². The fourth-order valence-corrected chi connectivity index (χ4v) is 3.91. The van der Waals surface area contributed by atoms with Crippen molar-refractivity contribution in [2.75, 3.05) is 19.7 Å². The quantitative estimate of drug-likeness (QED) is 0.701. The Morgan fingerprint density at radius 3 is 2.81 bits per heavy atom. The summed E-state index contributed by atoms with van der Waals surface area (Å²) in [5.74, 6) is -1.59. The molecule has 2 amide bonds. The lowest BCUT2D eigenvalue weighted by molar-refractivity contribution is -0.274. The average molecular weight is 454 g/mol. The molecule has 0 saturated carbocycles. The Balaban J connectivity index is 1.60. The Hall–Kier alpha value is -2.84. The van der Waals surface area contributed by atoms with Gasteiger partial charge in [-0.15, -0.1) is 13.2 Å². The summed E-state index contributed by atoms with van der Waals surface area (Å²) in [5.41, 5.74) is 6.01. The molecule has 3 rings (SSSR count). The fraction of sp³-hybridized carbons (Fsp3) is 0.571. The summed E-state index contributed by atoms with van der Waals surface area (Å²) < 4.78 is 47.6. The Bertz CT molecular complexity index is 887. The summed E-state index contributed by atoms with van der Waals surface area (Å²) in [6.45, 7) is 0.930. The molecule has 32 heavy (non-hydrogen) atoms. The van der Waals surface area contributed by atoms with Crippen molar-refractivity contribution in [2.24, 2.45) is 11.7 Å². The van der Waals surface area contributed by atoms with E-state index >= 15 is 0 Å². The van der Waals surface area contributed by atoms with Gasteiger partial charge in [0.15, 0.2) is 0 Å². The Morgan fingerprint density at radius 1 is 1.34 bits per heavy atom. The second-order valence-electron chi connectivity index (χ2n) is 7.97. The van der Waals surface area contributed by atoms with E-state index in [9.17, 15) is 22.8 Å². The highest BCUT2D eigenvalue weighted by Gasteiger charge is 2.35. The largest absolute Gasteiger partial charge is 0.573 e. The molecule has 3 N–H and O–H groups in total. The average Bonchev–Trinajstić information content (AvgIpc) is 2.76. The minimum atomic E-state index is -4.93. The zero-order valence-electron chi connectivity index (χ0n) is 17.4. The summed E-state index contributed by atoms with van der Waals surface area (Å²) in [5, 5.41) is 11.5. The molecule has 1 aromatic rings. The number of halogens is 3. The van der Waals surface area contributed by atoms with E-state index in [1.165, 1.54) is 12.1 Å². The fourth-order valence-electron chi connectivity index (χ4n) is 3.91. The monoisotopic (exact) mass is 454 g/mol. The molecule has 2 fully saturated rings. The maximum atomic E-state index is 12.7. The van der Waals surface area contributed by atoms with E-state index in [-0.39, 0.29) is 42.1 Å². The van der Waals surface area contributed by atoms with E-state index in [1.54, 1.807) is 11.0 Å². The van der Waals surface area contributed by atoms with Crippen LogP contribution in [0.5, 0.6) is 5.75 Å². The number of hydrogen-bond donors (Lipinski definition) is 2. The lowest BCUT2D eigenvalue weighted by atomic mass is 9.95. The van der Waals surface area contributed by atoms with Crippen LogP contribution < -0.4 is 15.8 Å². The first-order valence-electron chi connectivity index (χ1n) is 10.4. The lowest BCUT2D eigenvalue weighted by Gasteiger charge is -2.36. The van der Waals surface area contributed by atoms with Gasteiger partial charge < -0.3 is 25.4 Å². The number of nitrogens with two attached hydrogens (primary N) is 1. The molecule has 11 heteroatoms. The summed E-state index contributed by atoms with van der Waals surface area (Å²) in [7, 11) is 0. The van der Waals surface area contributed by atoms with Crippen LogP contribution in [0.2, 0.25) is 0 Å². The van der Waals surface area contributed by atoms with Crippen LogP contribution in [-0.2, 0) is 20.9 Å². The number of ether oxygens (including phenoxy) is 2. The molecular formula is C21H25F3N4O4. The highest BCUT2D eigenvalue weighted by Crippen LogP contribution is 2.28. The SMILES string of the molecule is N#Cc1ccc(CNC(=O)[C@@H]2CCCN(C(=O)C3CC(N)CCO3)C2)c(OC(F)(F)F)c1. The van der Waals surface area contributed by atoms with Crippen molar-refractivity contribution < 1.29 is 32.2 Å². The summed E-state index contributed by atoms with van der Waals surface area (Å²) in [4.78, 5) is 27.0. The molecule has 1 aromatic carbocycles. The molecule has 0 spiro atoms. The molecule has 2 unspecified atom stereocenters. The van der Waals surface area contributed by atoms with Crippen LogP contribution in [0.15, 0.2) is 18.2 Å². The minimum Gasteiger partial charge on any atom is -0.405 e. The van der Waals surface area contributed by atoms with Gasteiger partial charge in [0.1, 0.15) is 11.9 Å². The third kappa shape index (κ3) is 6.34. The van der Waals surface area contributed by atoms with Crippen molar-refractivity contribution in [3.05, 3.63) is 29.3 Å². The zero-order valence-corrected chi connectivity index (χ0v) is 17.4. The van der Waals surface area contributed by atoms with Crippen molar-refractivity contribution >= 4 is 11.8 Å². The minimum absolute atomic E-state index is 0.00501. The van der Waals surface area contributed by atoms with Gasteiger partial charge in [0.2, 0.25) is 5.91 Å². The Labute approximate surface area is 183 Å². The molecule has 174 valence electrons. The van der Waals surface area contributed by atoms with E-state index < -0.39 is 24.1 Å². The highest BCUT2D eigenvalue weighted by atomic mass is 19.4. The van der Waals surface area contributed by atoms with Gasteiger partial charge in [-0.2, -0.15) is 5.26 Å². The van der Waals surface area contributed by atoms with Crippen LogP contribution in [-0.4, -0.2) is 54.9 Å².